The van der Waals surface area contributed by atoms with Crippen molar-refractivity contribution in [2.45, 2.75) is 32.2 Å². The summed E-state index contributed by atoms with van der Waals surface area (Å²) < 4.78 is 15.7. The van der Waals surface area contributed by atoms with E-state index in [9.17, 15) is 4.79 Å². The number of carbonyl (C=O) groups excluding carboxylic acids is 1. The first-order valence-electron chi connectivity index (χ1n) is 8.30. The molecule has 1 fully saturated rings. The number of esters is 1. The van der Waals surface area contributed by atoms with Crippen LogP contribution in [0.15, 0.2) is 18.2 Å². The third-order valence-corrected chi connectivity index (χ3v) is 4.06. The summed E-state index contributed by atoms with van der Waals surface area (Å²) in [6.45, 7) is 4.49. The summed E-state index contributed by atoms with van der Waals surface area (Å²) in [7, 11) is 3.08. The second-order valence-electron chi connectivity index (χ2n) is 5.85. The first kappa shape index (κ1) is 17.8. The van der Waals surface area contributed by atoms with E-state index in [-0.39, 0.29) is 5.97 Å². The summed E-state index contributed by atoms with van der Waals surface area (Å²) in [4.78, 5) is 14.3. The van der Waals surface area contributed by atoms with Crippen LogP contribution in [0.5, 0.6) is 5.75 Å². The molecule has 1 aliphatic rings. The van der Waals surface area contributed by atoms with Crippen LogP contribution >= 0.6 is 0 Å². The molecule has 0 radical (unpaired) electrons. The fraction of sp³-hybridized carbons (Fsp3) is 0.611. The van der Waals surface area contributed by atoms with E-state index < -0.39 is 0 Å². The van der Waals surface area contributed by atoms with E-state index in [1.54, 1.807) is 7.11 Å². The van der Waals surface area contributed by atoms with Gasteiger partial charge in [0.15, 0.2) is 0 Å². The van der Waals surface area contributed by atoms with Gasteiger partial charge in [-0.15, -0.1) is 0 Å². The second-order valence-corrected chi connectivity index (χ2v) is 5.85. The highest BCUT2D eigenvalue weighted by atomic mass is 16.5. The van der Waals surface area contributed by atoms with E-state index in [1.165, 1.54) is 25.5 Å². The van der Waals surface area contributed by atoms with Crippen LogP contribution in [0.2, 0.25) is 0 Å². The fourth-order valence-electron chi connectivity index (χ4n) is 2.79. The van der Waals surface area contributed by atoms with Crippen molar-refractivity contribution < 1.29 is 19.0 Å². The monoisotopic (exact) mass is 321 g/mol. The number of carbonyl (C=O) groups is 1. The number of benzene rings is 1. The molecule has 23 heavy (non-hydrogen) atoms. The minimum atomic E-state index is -0.357. The number of likely N-dealkylation sites (tertiary alicyclic amines) is 1. The number of rotatable bonds is 9. The summed E-state index contributed by atoms with van der Waals surface area (Å²) in [5.74, 6) is 0.260. The topological polar surface area (TPSA) is 48.0 Å². The summed E-state index contributed by atoms with van der Waals surface area (Å²) in [6, 6.07) is 5.77. The maximum Gasteiger partial charge on any atom is 0.341 e. The molecule has 0 spiro atoms. The minimum Gasteiger partial charge on any atom is -0.493 e. The Kier molecular flexibility index (Phi) is 7.36. The molecule has 1 heterocycles. The Morgan fingerprint density at radius 2 is 1.87 bits per heavy atom. The third-order valence-electron chi connectivity index (χ3n) is 4.06. The van der Waals surface area contributed by atoms with Crippen molar-refractivity contribution in [1.29, 1.82) is 0 Å². The lowest BCUT2D eigenvalue weighted by atomic mass is 10.1. The lowest BCUT2D eigenvalue weighted by Crippen LogP contribution is -2.18. The van der Waals surface area contributed by atoms with Crippen molar-refractivity contribution in [3.63, 3.8) is 0 Å². The van der Waals surface area contributed by atoms with Gasteiger partial charge in [-0.05, 0) is 56.5 Å². The van der Waals surface area contributed by atoms with Gasteiger partial charge in [0.2, 0.25) is 0 Å². The van der Waals surface area contributed by atoms with E-state index in [0.717, 1.165) is 39.1 Å². The average Bonchev–Trinajstić information content (AvgIpc) is 3.07. The molecule has 1 aromatic rings. The number of methoxy groups -OCH3 is 2. The Hall–Kier alpha value is -1.59. The van der Waals surface area contributed by atoms with Crippen LogP contribution < -0.4 is 4.74 Å². The van der Waals surface area contributed by atoms with Gasteiger partial charge in [-0.25, -0.2) is 4.79 Å². The summed E-state index contributed by atoms with van der Waals surface area (Å²) >= 11 is 0. The van der Waals surface area contributed by atoms with Gasteiger partial charge in [0.05, 0.1) is 13.7 Å². The molecule has 1 aromatic carbocycles. The van der Waals surface area contributed by atoms with E-state index in [4.69, 9.17) is 14.2 Å². The molecule has 0 saturated carbocycles. The van der Waals surface area contributed by atoms with Crippen molar-refractivity contribution in [3.05, 3.63) is 29.3 Å². The zero-order valence-electron chi connectivity index (χ0n) is 14.2. The SMILES string of the molecule is COCCCCOc1cc(CN2CCCC2)ccc1C(=O)OC. The zero-order chi connectivity index (χ0) is 16.5. The molecule has 5 heteroatoms. The average molecular weight is 321 g/mol. The van der Waals surface area contributed by atoms with Crippen molar-refractivity contribution in [2.24, 2.45) is 0 Å². The molecular weight excluding hydrogens is 294 g/mol. The summed E-state index contributed by atoms with van der Waals surface area (Å²) in [5, 5.41) is 0. The lowest BCUT2D eigenvalue weighted by molar-refractivity contribution is 0.0595. The molecule has 0 atom stereocenters. The molecule has 0 N–H and O–H groups in total. The van der Waals surface area contributed by atoms with E-state index >= 15 is 0 Å². The minimum absolute atomic E-state index is 0.357. The highest BCUT2D eigenvalue weighted by Gasteiger charge is 2.16. The van der Waals surface area contributed by atoms with Gasteiger partial charge in [-0.1, -0.05) is 6.07 Å². The molecule has 0 aliphatic carbocycles. The predicted molar refractivity (Wildman–Crippen MR) is 88.9 cm³/mol. The molecule has 5 nitrogen and oxygen atoms in total. The molecule has 1 saturated heterocycles. The molecule has 0 amide bonds. The summed E-state index contributed by atoms with van der Waals surface area (Å²) in [6.07, 6.45) is 4.37. The van der Waals surface area contributed by atoms with Crippen LogP contribution in [0.4, 0.5) is 0 Å². The van der Waals surface area contributed by atoms with Gasteiger partial charge in [0.1, 0.15) is 11.3 Å². The maximum absolute atomic E-state index is 11.9. The van der Waals surface area contributed by atoms with Crippen LogP contribution in [-0.4, -0.2) is 51.4 Å². The lowest BCUT2D eigenvalue weighted by Gasteiger charge is -2.17. The Bertz CT molecular complexity index is 498. The highest BCUT2D eigenvalue weighted by Crippen LogP contribution is 2.23. The first-order valence-corrected chi connectivity index (χ1v) is 8.30. The van der Waals surface area contributed by atoms with Crippen LogP contribution in [-0.2, 0) is 16.0 Å². The Morgan fingerprint density at radius 1 is 1.13 bits per heavy atom. The number of hydrogen-bond donors (Lipinski definition) is 0. The first-order chi connectivity index (χ1) is 11.2. The molecule has 0 unspecified atom stereocenters. The molecule has 128 valence electrons. The fourth-order valence-corrected chi connectivity index (χ4v) is 2.79. The Balaban J connectivity index is 2.01. The van der Waals surface area contributed by atoms with E-state index in [2.05, 4.69) is 4.90 Å². The molecule has 1 aliphatic heterocycles. The van der Waals surface area contributed by atoms with Crippen molar-refractivity contribution in [1.82, 2.24) is 4.90 Å². The molecule has 0 bridgehead atoms. The smallest absolute Gasteiger partial charge is 0.341 e. The number of ether oxygens (including phenoxy) is 3. The number of hydrogen-bond acceptors (Lipinski definition) is 5. The van der Waals surface area contributed by atoms with E-state index in [0.29, 0.717) is 17.9 Å². The van der Waals surface area contributed by atoms with Crippen molar-refractivity contribution >= 4 is 5.97 Å². The van der Waals surface area contributed by atoms with Crippen molar-refractivity contribution in [2.75, 3.05) is 40.5 Å². The Labute approximate surface area is 138 Å². The normalized spacial score (nSPS) is 14.9. The van der Waals surface area contributed by atoms with Gasteiger partial charge < -0.3 is 14.2 Å². The number of unbranched alkanes of at least 4 members (excludes halogenated alkanes) is 1. The van der Waals surface area contributed by atoms with Gasteiger partial charge in [-0.2, -0.15) is 0 Å². The van der Waals surface area contributed by atoms with Crippen molar-refractivity contribution in [3.8, 4) is 5.75 Å². The third kappa shape index (κ3) is 5.52. The van der Waals surface area contributed by atoms with Crippen LogP contribution in [0.25, 0.3) is 0 Å². The van der Waals surface area contributed by atoms with Crippen LogP contribution in [0.3, 0.4) is 0 Å². The number of nitrogens with zero attached hydrogens (tertiary/aromatic N) is 1. The predicted octanol–water partition coefficient (Wildman–Crippen LogP) is 2.87. The maximum atomic E-state index is 11.9. The Morgan fingerprint density at radius 3 is 2.57 bits per heavy atom. The van der Waals surface area contributed by atoms with Gasteiger partial charge in [-0.3, -0.25) is 4.90 Å². The second kappa shape index (κ2) is 9.53. The standard InChI is InChI=1S/C18H27NO4/c1-21-11-5-6-12-23-17-13-15(14-19-9-3-4-10-19)7-8-16(17)18(20)22-2/h7-8,13H,3-6,9-12,14H2,1-2H3. The van der Waals surface area contributed by atoms with E-state index in [1.807, 2.05) is 18.2 Å². The van der Waals surface area contributed by atoms with Gasteiger partial charge in [0.25, 0.3) is 0 Å². The van der Waals surface area contributed by atoms with Crippen LogP contribution in [0.1, 0.15) is 41.6 Å². The van der Waals surface area contributed by atoms with Crippen LogP contribution in [0, 0.1) is 0 Å². The molecular formula is C18H27NO4. The molecule has 2 rings (SSSR count). The highest BCUT2D eigenvalue weighted by molar-refractivity contribution is 5.92. The quantitative estimate of drug-likeness (QED) is 0.517. The van der Waals surface area contributed by atoms with Gasteiger partial charge in [0, 0.05) is 20.3 Å². The largest absolute Gasteiger partial charge is 0.493 e. The van der Waals surface area contributed by atoms with Gasteiger partial charge >= 0.3 is 5.97 Å². The molecule has 0 aromatic heterocycles. The summed E-state index contributed by atoms with van der Waals surface area (Å²) in [5.41, 5.74) is 1.66. The zero-order valence-corrected chi connectivity index (χ0v) is 14.2.